The van der Waals surface area contributed by atoms with Gasteiger partial charge in [-0.1, -0.05) is 24.3 Å². The van der Waals surface area contributed by atoms with Crippen molar-refractivity contribution in [2.24, 2.45) is 5.92 Å². The predicted molar refractivity (Wildman–Crippen MR) is 125 cm³/mol. The molecule has 1 aliphatic carbocycles. The maximum atomic E-state index is 13.4. The number of aliphatic hydroxyl groups excluding tert-OH is 1. The lowest BCUT2D eigenvalue weighted by Gasteiger charge is -2.22. The number of hydrogen-bond donors (Lipinski definition) is 1. The van der Waals surface area contributed by atoms with Gasteiger partial charge in [0.15, 0.2) is 12.6 Å². The molecule has 0 spiro atoms. The second-order valence-corrected chi connectivity index (χ2v) is 9.33. The van der Waals surface area contributed by atoms with Gasteiger partial charge in [0, 0.05) is 19.1 Å². The molecule has 1 unspecified atom stereocenters. The molecule has 1 saturated carbocycles. The monoisotopic (exact) mass is 474 g/mol. The van der Waals surface area contributed by atoms with Crippen molar-refractivity contribution in [3.8, 4) is 11.5 Å². The second kappa shape index (κ2) is 10.5. The fourth-order valence-corrected chi connectivity index (χ4v) is 4.86. The van der Waals surface area contributed by atoms with Crippen LogP contribution in [0.15, 0.2) is 30.4 Å². The van der Waals surface area contributed by atoms with Crippen LogP contribution in [0.3, 0.4) is 0 Å². The highest BCUT2D eigenvalue weighted by atomic mass is 16.8. The van der Waals surface area contributed by atoms with E-state index >= 15 is 0 Å². The number of esters is 1. The zero-order chi connectivity index (χ0) is 24.3. The van der Waals surface area contributed by atoms with Gasteiger partial charge in [0.05, 0.1) is 13.2 Å². The molecule has 0 bridgehead atoms. The summed E-state index contributed by atoms with van der Waals surface area (Å²) in [6, 6.07) is 3.43. The summed E-state index contributed by atoms with van der Waals surface area (Å²) in [5.41, 5.74) is 0.925. The van der Waals surface area contributed by atoms with Crippen LogP contribution < -0.4 is 9.47 Å². The Morgan fingerprint density at radius 1 is 1.12 bits per heavy atom. The summed E-state index contributed by atoms with van der Waals surface area (Å²) in [6.45, 7) is 3.66. The molecule has 1 aromatic carbocycles. The summed E-state index contributed by atoms with van der Waals surface area (Å²) in [6.07, 6.45) is 8.48. The molecule has 4 rings (SSSR count). The minimum Gasteiger partial charge on any atom is -0.497 e. The van der Waals surface area contributed by atoms with E-state index in [9.17, 15) is 9.90 Å². The van der Waals surface area contributed by atoms with Crippen LogP contribution in [0.5, 0.6) is 11.5 Å². The zero-order valence-electron chi connectivity index (χ0n) is 20.2. The summed E-state index contributed by atoms with van der Waals surface area (Å²) in [5, 5.41) is 10.9. The van der Waals surface area contributed by atoms with E-state index in [1.807, 2.05) is 32.1 Å². The molecule has 5 atom stereocenters. The molecule has 1 saturated heterocycles. The van der Waals surface area contributed by atoms with Crippen LogP contribution in [0, 0.1) is 5.92 Å². The van der Waals surface area contributed by atoms with E-state index in [1.54, 1.807) is 25.3 Å². The molecular formula is C26H34O8. The summed E-state index contributed by atoms with van der Waals surface area (Å²) in [7, 11) is 3.07. The van der Waals surface area contributed by atoms with Crippen molar-refractivity contribution < 1.29 is 38.3 Å². The number of fused-ring (bicyclic) bond motifs is 3. The van der Waals surface area contributed by atoms with E-state index in [1.165, 1.54) is 7.11 Å². The minimum atomic E-state index is -0.832. The third-order valence-corrected chi connectivity index (χ3v) is 6.42. The molecule has 8 nitrogen and oxygen atoms in total. The molecule has 0 aromatic heterocycles. The Bertz CT molecular complexity index is 937. The quantitative estimate of drug-likeness (QED) is 0.400. The third-order valence-electron chi connectivity index (χ3n) is 6.42. The number of benzene rings is 1. The SMILES string of the molecule is COCOc1cc(OC)cc2c1C(=O)O[C@@H]1CCC[C@H]1/C=C\C(O)[C@H]1OC(C)(C)O[C@H]1CC=C2. The van der Waals surface area contributed by atoms with Gasteiger partial charge in [0.25, 0.3) is 0 Å². The van der Waals surface area contributed by atoms with E-state index in [0.717, 1.165) is 19.3 Å². The first kappa shape index (κ1) is 24.7. The number of aliphatic hydroxyl groups is 1. The molecule has 8 heteroatoms. The predicted octanol–water partition coefficient (Wildman–Crippen LogP) is 3.86. The van der Waals surface area contributed by atoms with Crippen LogP contribution in [-0.4, -0.2) is 62.3 Å². The van der Waals surface area contributed by atoms with Crippen molar-refractivity contribution in [2.45, 2.75) is 69.7 Å². The van der Waals surface area contributed by atoms with Crippen molar-refractivity contribution in [3.05, 3.63) is 41.5 Å². The van der Waals surface area contributed by atoms with Crippen LogP contribution in [-0.2, 0) is 18.9 Å². The molecule has 2 heterocycles. The fraction of sp³-hybridized carbons (Fsp3) is 0.577. The highest BCUT2D eigenvalue weighted by Gasteiger charge is 2.43. The molecule has 0 radical (unpaired) electrons. The minimum absolute atomic E-state index is 0.0101. The van der Waals surface area contributed by atoms with Crippen molar-refractivity contribution in [3.63, 3.8) is 0 Å². The second-order valence-electron chi connectivity index (χ2n) is 9.33. The first-order valence-corrected chi connectivity index (χ1v) is 11.7. The Morgan fingerprint density at radius 3 is 2.71 bits per heavy atom. The van der Waals surface area contributed by atoms with E-state index < -0.39 is 24.0 Å². The van der Waals surface area contributed by atoms with Crippen LogP contribution in [0.2, 0.25) is 0 Å². The number of ether oxygens (including phenoxy) is 6. The normalized spacial score (nSPS) is 31.6. The highest BCUT2D eigenvalue weighted by Crippen LogP contribution is 2.37. The van der Waals surface area contributed by atoms with Crippen LogP contribution in [0.25, 0.3) is 6.08 Å². The lowest BCUT2D eigenvalue weighted by molar-refractivity contribution is -0.152. The van der Waals surface area contributed by atoms with Crippen molar-refractivity contribution in [1.29, 1.82) is 0 Å². The van der Waals surface area contributed by atoms with Crippen molar-refractivity contribution in [2.75, 3.05) is 21.0 Å². The van der Waals surface area contributed by atoms with Crippen molar-refractivity contribution >= 4 is 12.0 Å². The number of carbonyl (C=O) groups excluding carboxylic acids is 1. The summed E-state index contributed by atoms with van der Waals surface area (Å²) >= 11 is 0. The zero-order valence-corrected chi connectivity index (χ0v) is 20.2. The van der Waals surface area contributed by atoms with Gasteiger partial charge < -0.3 is 33.5 Å². The Balaban J connectivity index is 1.76. The molecule has 1 N–H and O–H groups in total. The van der Waals surface area contributed by atoms with Crippen molar-refractivity contribution in [1.82, 2.24) is 0 Å². The first-order valence-electron chi connectivity index (χ1n) is 11.7. The maximum absolute atomic E-state index is 13.4. The molecule has 186 valence electrons. The lowest BCUT2D eigenvalue weighted by atomic mass is 9.98. The third kappa shape index (κ3) is 5.46. The molecular weight excluding hydrogens is 440 g/mol. The number of methoxy groups -OCH3 is 2. The van der Waals surface area contributed by atoms with Crippen LogP contribution in [0.1, 0.15) is 55.5 Å². The molecule has 34 heavy (non-hydrogen) atoms. The van der Waals surface area contributed by atoms with E-state index in [-0.39, 0.29) is 24.9 Å². The van der Waals surface area contributed by atoms with E-state index in [2.05, 4.69) is 0 Å². The van der Waals surface area contributed by atoms with Gasteiger partial charge in [-0.15, -0.1) is 0 Å². The Labute approximate surface area is 200 Å². The average Bonchev–Trinajstić information content (AvgIpc) is 3.37. The van der Waals surface area contributed by atoms with Gasteiger partial charge in [-0.3, -0.25) is 0 Å². The van der Waals surface area contributed by atoms with Gasteiger partial charge in [-0.25, -0.2) is 4.79 Å². The van der Waals surface area contributed by atoms with Gasteiger partial charge in [0.2, 0.25) is 0 Å². The summed E-state index contributed by atoms with van der Waals surface area (Å²) in [4.78, 5) is 13.4. The fourth-order valence-electron chi connectivity index (χ4n) is 4.86. The number of carbonyl (C=O) groups is 1. The maximum Gasteiger partial charge on any atom is 0.342 e. The van der Waals surface area contributed by atoms with Gasteiger partial charge in [-0.2, -0.15) is 0 Å². The Hall–Kier alpha value is -2.39. The summed E-state index contributed by atoms with van der Waals surface area (Å²) < 4.78 is 34.3. The first-order chi connectivity index (χ1) is 16.3. The number of rotatable bonds is 4. The highest BCUT2D eigenvalue weighted by molar-refractivity contribution is 5.97. The Kier molecular flexibility index (Phi) is 7.62. The van der Waals surface area contributed by atoms with E-state index in [4.69, 9.17) is 28.4 Å². The van der Waals surface area contributed by atoms with Gasteiger partial charge in [0.1, 0.15) is 35.4 Å². The smallest absolute Gasteiger partial charge is 0.342 e. The number of hydrogen-bond acceptors (Lipinski definition) is 8. The summed E-state index contributed by atoms with van der Waals surface area (Å²) in [5.74, 6) is -0.381. The van der Waals surface area contributed by atoms with Crippen LogP contribution >= 0.6 is 0 Å². The van der Waals surface area contributed by atoms with E-state index in [0.29, 0.717) is 29.0 Å². The molecule has 3 aliphatic rings. The van der Waals surface area contributed by atoms with Crippen LogP contribution in [0.4, 0.5) is 0 Å². The lowest BCUT2D eigenvalue weighted by Crippen LogP contribution is -2.34. The average molecular weight is 475 g/mol. The standard InChI is InChI=1S/C26H34O8/c1-26(2)33-21-10-6-8-17-13-18(30-4)14-22(31-15-29-3)23(17)25(28)32-20-9-5-7-16(20)11-12-19(27)24(21)34-26/h6,8,11-14,16,19-21,24,27H,5,7,9-10,15H2,1-4H3/b8-6?,12-11-/t16-,19?,20+,21-,24+/m0/s1. The Morgan fingerprint density at radius 2 is 1.94 bits per heavy atom. The molecule has 2 aliphatic heterocycles. The molecule has 1 aromatic rings. The van der Waals surface area contributed by atoms with Gasteiger partial charge in [-0.05, 0) is 51.2 Å². The molecule has 2 fully saturated rings. The molecule has 0 amide bonds. The largest absolute Gasteiger partial charge is 0.497 e. The topological polar surface area (TPSA) is 92.7 Å². The van der Waals surface area contributed by atoms with Gasteiger partial charge >= 0.3 is 5.97 Å².